The number of H-pyrrole nitrogens is 1. The Bertz CT molecular complexity index is 2030. The third kappa shape index (κ3) is 7.70. The number of aromatic hydroxyl groups is 1. The van der Waals surface area contributed by atoms with E-state index in [2.05, 4.69) is 25.3 Å². The number of aromatic amines is 1. The number of Topliss-reactive ketones (excluding diaryl/α,β-unsaturated/α-hetero) is 1. The Hall–Kier alpha value is -6.38. The number of nitrogens with one attached hydrogen (secondary N) is 4. The van der Waals surface area contributed by atoms with Crippen molar-refractivity contribution in [2.24, 2.45) is 0 Å². The highest BCUT2D eigenvalue weighted by atomic mass is 19.3. The van der Waals surface area contributed by atoms with E-state index in [-0.39, 0.29) is 52.6 Å². The highest BCUT2D eigenvalue weighted by Gasteiger charge is 2.46. The molecular weight excluding hydrogens is 635 g/mol. The number of fused-ring (bicyclic) bond motifs is 2. The molecule has 1 aromatic heterocycles. The molecule has 15 heteroatoms. The molecule has 48 heavy (non-hydrogen) atoms. The molecule has 0 fully saturated rings. The van der Waals surface area contributed by atoms with Gasteiger partial charge in [-0.3, -0.25) is 9.59 Å². The summed E-state index contributed by atoms with van der Waals surface area (Å²) in [6.07, 6.45) is -2.53. The SMILES string of the molecule is CCC(=O)COc1cccc(Nc2nc(Nc3ccc4c(c3)NC(=O)C(F)(F)O4)c(F)c[nH+]2)c1.O=C(O)c1ccc2ccccc2c1O. The number of carboxylic acid groups (broad SMARTS) is 1. The van der Waals surface area contributed by atoms with Crippen molar-refractivity contribution in [1.29, 1.82) is 0 Å². The molecule has 0 spiro atoms. The fourth-order valence-corrected chi connectivity index (χ4v) is 4.35. The van der Waals surface area contributed by atoms with E-state index in [1.165, 1.54) is 24.3 Å². The maximum Gasteiger partial charge on any atom is 0.482 e. The van der Waals surface area contributed by atoms with Crippen LogP contribution in [0.1, 0.15) is 23.7 Å². The molecule has 6 N–H and O–H groups in total. The molecule has 12 nitrogen and oxygen atoms in total. The number of amides is 1. The monoisotopic (exact) mass is 662 g/mol. The maximum atomic E-state index is 14.3. The Balaban J connectivity index is 0.000000267. The van der Waals surface area contributed by atoms with Crippen LogP contribution in [-0.2, 0) is 9.59 Å². The summed E-state index contributed by atoms with van der Waals surface area (Å²) in [6.45, 7) is 1.70. The number of ketones is 1. The molecule has 0 saturated carbocycles. The molecule has 0 aliphatic carbocycles. The second-order valence-electron chi connectivity index (χ2n) is 10.2. The first-order valence-corrected chi connectivity index (χ1v) is 14.3. The van der Waals surface area contributed by atoms with E-state index >= 15 is 0 Å². The van der Waals surface area contributed by atoms with Crippen molar-refractivity contribution >= 4 is 57.3 Å². The zero-order chi connectivity index (χ0) is 34.4. The lowest BCUT2D eigenvalue weighted by atomic mass is 10.1. The molecule has 246 valence electrons. The van der Waals surface area contributed by atoms with Gasteiger partial charge in [0.05, 0.1) is 5.69 Å². The zero-order valence-electron chi connectivity index (χ0n) is 25.0. The van der Waals surface area contributed by atoms with Gasteiger partial charge in [-0.25, -0.2) is 15.1 Å². The molecule has 2 heterocycles. The Morgan fingerprint density at radius 2 is 1.79 bits per heavy atom. The fraction of sp³-hybridized carbons (Fsp3) is 0.121. The lowest BCUT2D eigenvalue weighted by molar-refractivity contribution is -0.367. The van der Waals surface area contributed by atoms with Crippen LogP contribution in [0.25, 0.3) is 10.8 Å². The molecule has 5 aromatic rings. The Labute approximate surface area is 270 Å². The Morgan fingerprint density at radius 1 is 1.02 bits per heavy atom. The molecular formula is C33H27F3N5O7+. The Kier molecular flexibility index (Phi) is 9.59. The van der Waals surface area contributed by atoms with Crippen molar-refractivity contribution < 1.29 is 52.2 Å². The number of nitrogens with zero attached hydrogens (tertiary/aromatic N) is 1. The summed E-state index contributed by atoms with van der Waals surface area (Å²) < 4.78 is 50.9. The van der Waals surface area contributed by atoms with Crippen LogP contribution in [0.3, 0.4) is 0 Å². The van der Waals surface area contributed by atoms with Gasteiger partial charge < -0.3 is 30.3 Å². The summed E-state index contributed by atoms with van der Waals surface area (Å²) in [5, 5.41) is 27.5. The molecule has 1 aliphatic heterocycles. The number of hydrogen-bond donors (Lipinski definition) is 5. The average molecular weight is 663 g/mol. The maximum absolute atomic E-state index is 14.3. The van der Waals surface area contributed by atoms with Crippen molar-refractivity contribution in [2.75, 3.05) is 22.6 Å². The van der Waals surface area contributed by atoms with E-state index in [0.29, 0.717) is 23.2 Å². The van der Waals surface area contributed by atoms with E-state index in [1.54, 1.807) is 49.4 Å². The number of hydrogen-bond acceptors (Lipinski definition) is 9. The van der Waals surface area contributed by atoms with Gasteiger partial charge in [-0.05, 0) is 46.8 Å². The van der Waals surface area contributed by atoms with Crippen molar-refractivity contribution in [1.82, 2.24) is 4.98 Å². The van der Waals surface area contributed by atoms with Crippen LogP contribution in [0, 0.1) is 5.82 Å². The molecule has 0 atom stereocenters. The average Bonchev–Trinajstić information content (AvgIpc) is 3.06. The van der Waals surface area contributed by atoms with Crippen molar-refractivity contribution in [2.45, 2.75) is 19.5 Å². The van der Waals surface area contributed by atoms with Gasteiger partial charge in [0.1, 0.15) is 35.6 Å². The van der Waals surface area contributed by atoms with Gasteiger partial charge in [-0.1, -0.05) is 43.3 Å². The number of ether oxygens (including phenoxy) is 2. The standard InChI is InChI=1S/C22H18F3N5O4.C11H8O3/c1-2-14(31)11-33-15-5-3-4-12(8-15)28-21-26-10-16(23)19(30-21)27-13-6-7-18-17(9-13)29-20(32)22(24,25)34-18;12-10-8-4-2-1-3-7(8)5-6-9(10)11(13)14/h3-10H,2,11H2,1H3,(H,29,32)(H2,26,27,28,30);1-6,12H,(H,13,14)/p+1. The molecule has 0 bridgehead atoms. The van der Waals surface area contributed by atoms with Crippen molar-refractivity contribution in [3.63, 3.8) is 0 Å². The van der Waals surface area contributed by atoms with E-state index in [9.17, 15) is 32.7 Å². The minimum atomic E-state index is -3.97. The van der Waals surface area contributed by atoms with E-state index in [4.69, 9.17) is 9.84 Å². The largest absolute Gasteiger partial charge is 0.506 e. The molecule has 0 saturated heterocycles. The second kappa shape index (κ2) is 13.9. The number of alkyl halides is 2. The predicted octanol–water partition coefficient (Wildman–Crippen LogP) is 6.05. The Morgan fingerprint density at radius 3 is 2.56 bits per heavy atom. The molecule has 0 unspecified atom stereocenters. The lowest BCUT2D eigenvalue weighted by Crippen LogP contribution is -2.43. The first kappa shape index (κ1) is 33.0. The third-order valence-corrected chi connectivity index (χ3v) is 6.80. The summed E-state index contributed by atoms with van der Waals surface area (Å²) in [4.78, 5) is 40.4. The lowest BCUT2D eigenvalue weighted by Gasteiger charge is -2.25. The number of phenols is 1. The number of carboxylic acids is 1. The minimum absolute atomic E-state index is 0.000504. The number of halogens is 3. The number of aromatic nitrogens is 2. The fourth-order valence-electron chi connectivity index (χ4n) is 4.35. The van der Waals surface area contributed by atoms with Gasteiger partial charge in [-0.2, -0.15) is 13.2 Å². The van der Waals surface area contributed by atoms with Crippen molar-refractivity contribution in [3.05, 3.63) is 96.4 Å². The van der Waals surface area contributed by atoms with E-state index in [1.807, 2.05) is 17.4 Å². The summed E-state index contributed by atoms with van der Waals surface area (Å²) in [5.41, 5.74) is 0.772. The van der Waals surface area contributed by atoms with Gasteiger partial charge in [0.2, 0.25) is 11.6 Å². The van der Waals surface area contributed by atoms with Crippen LogP contribution >= 0.6 is 0 Å². The third-order valence-electron chi connectivity index (χ3n) is 6.80. The van der Waals surface area contributed by atoms with Gasteiger partial charge in [0, 0.05) is 23.6 Å². The topological polar surface area (TPSA) is 173 Å². The van der Waals surface area contributed by atoms with Crippen LogP contribution < -0.4 is 30.4 Å². The van der Waals surface area contributed by atoms with Crippen LogP contribution in [0.2, 0.25) is 0 Å². The van der Waals surface area contributed by atoms with Crippen LogP contribution in [-0.4, -0.2) is 45.6 Å². The molecule has 6 rings (SSSR count). The first-order valence-electron chi connectivity index (χ1n) is 14.3. The minimum Gasteiger partial charge on any atom is -0.506 e. The van der Waals surface area contributed by atoms with Crippen molar-refractivity contribution in [3.8, 4) is 17.2 Å². The molecule has 1 amide bonds. The highest BCUT2D eigenvalue weighted by molar-refractivity contribution is 6.00. The second-order valence-corrected chi connectivity index (χ2v) is 10.2. The van der Waals surface area contributed by atoms with Crippen LogP contribution in [0.15, 0.2) is 85.1 Å². The summed E-state index contributed by atoms with van der Waals surface area (Å²) in [5.74, 6) is -3.40. The number of carbonyl (C=O) groups excluding carboxylic acids is 2. The quantitative estimate of drug-likeness (QED) is 0.125. The number of carbonyl (C=O) groups is 3. The van der Waals surface area contributed by atoms with Gasteiger partial charge in [0.25, 0.3) is 0 Å². The van der Waals surface area contributed by atoms with Gasteiger partial charge >= 0.3 is 23.9 Å². The first-order chi connectivity index (χ1) is 22.9. The number of anilines is 5. The smallest absolute Gasteiger partial charge is 0.482 e. The number of benzene rings is 4. The highest BCUT2D eigenvalue weighted by Crippen LogP contribution is 2.37. The summed E-state index contributed by atoms with van der Waals surface area (Å²) in [7, 11) is 0. The molecule has 0 radical (unpaired) electrons. The van der Waals surface area contributed by atoms with Crippen LogP contribution in [0.5, 0.6) is 17.2 Å². The zero-order valence-corrected chi connectivity index (χ0v) is 25.0. The van der Waals surface area contributed by atoms with Gasteiger partial charge in [0.15, 0.2) is 11.5 Å². The summed E-state index contributed by atoms with van der Waals surface area (Å²) in [6, 6.07) is 20.9. The van der Waals surface area contributed by atoms with Gasteiger partial charge in [-0.15, -0.1) is 0 Å². The van der Waals surface area contributed by atoms with Crippen LogP contribution in [0.4, 0.5) is 42.0 Å². The molecule has 4 aromatic carbocycles. The number of aromatic carboxylic acids is 1. The van der Waals surface area contributed by atoms with E-state index in [0.717, 1.165) is 11.6 Å². The normalized spacial score (nSPS) is 12.8. The van der Waals surface area contributed by atoms with E-state index < -0.39 is 23.8 Å². The molecule has 1 aliphatic rings. The number of rotatable bonds is 9. The summed E-state index contributed by atoms with van der Waals surface area (Å²) >= 11 is 0. The predicted molar refractivity (Wildman–Crippen MR) is 168 cm³/mol.